The van der Waals surface area contributed by atoms with E-state index in [1.165, 1.54) is 93.4 Å². The van der Waals surface area contributed by atoms with Gasteiger partial charge >= 0.3 is 0 Å². The molecule has 0 spiro atoms. The van der Waals surface area contributed by atoms with Gasteiger partial charge < -0.3 is 4.90 Å². The first-order valence-electron chi connectivity index (χ1n) is 19.6. The summed E-state index contributed by atoms with van der Waals surface area (Å²) in [6.07, 6.45) is 0. The first-order valence-corrected chi connectivity index (χ1v) is 19.6. The Hall–Kier alpha value is -6.38. The van der Waals surface area contributed by atoms with Crippen LogP contribution in [0.15, 0.2) is 182 Å². The van der Waals surface area contributed by atoms with E-state index in [0.29, 0.717) is 0 Å². The van der Waals surface area contributed by atoms with Crippen LogP contribution in [-0.2, 0) is 0 Å². The lowest BCUT2D eigenvalue weighted by Gasteiger charge is -2.26. The Balaban J connectivity index is 1.08. The molecule has 0 heterocycles. The van der Waals surface area contributed by atoms with Crippen LogP contribution in [0.3, 0.4) is 0 Å². The lowest BCUT2D eigenvalue weighted by Crippen LogP contribution is -2.55. The molecule has 0 aromatic heterocycles. The van der Waals surface area contributed by atoms with E-state index in [9.17, 15) is 0 Å². The Morgan fingerprint density at radius 3 is 1.46 bits per heavy atom. The number of benzene rings is 9. The molecule has 56 heavy (non-hydrogen) atoms. The molecule has 0 bridgehead atoms. The monoisotopic (exact) mass is 709 g/mol. The predicted octanol–water partition coefficient (Wildman–Crippen LogP) is 5.42. The zero-order chi connectivity index (χ0) is 38.3. The molecule has 0 amide bonds. The van der Waals surface area contributed by atoms with Crippen molar-refractivity contribution in [2.24, 2.45) is 0 Å². The van der Waals surface area contributed by atoms with Crippen LogP contribution in [0.25, 0.3) is 66.1 Å². The molecule has 6 heteroatoms. The van der Waals surface area contributed by atoms with Crippen molar-refractivity contribution in [1.29, 1.82) is 0 Å². The van der Waals surface area contributed by atoms with Gasteiger partial charge in [-0.25, -0.2) is 0 Å². The molecule has 0 saturated carbocycles. The molecule has 0 atom stereocenters. The average Bonchev–Trinajstić information content (AvgIpc) is 3.26. The third-order valence-corrected chi connectivity index (χ3v) is 12.0. The fourth-order valence-corrected chi connectivity index (χ4v) is 8.65. The normalized spacial score (nSPS) is 11.2. The summed E-state index contributed by atoms with van der Waals surface area (Å²) in [7, 11) is 11.4. The van der Waals surface area contributed by atoms with Gasteiger partial charge in [-0.2, -0.15) is 0 Å². The molecular formula is C50H40B5N. The van der Waals surface area contributed by atoms with Crippen LogP contribution >= 0.6 is 0 Å². The second-order valence-electron chi connectivity index (χ2n) is 15.1. The van der Waals surface area contributed by atoms with E-state index in [4.69, 9.17) is 0 Å². The average molecular weight is 709 g/mol. The maximum Gasteiger partial charge on any atom is 0.139 e. The number of anilines is 3. The number of hydrogen-bond acceptors (Lipinski definition) is 1. The SMILES string of the molecule is Bc1c(B)c(B)c(-c2cccc3cccc(-c4cccc(-c5ccc(N(c6ccccc6)c6ccc(-c7cccc8ccccc78)cc6)cc5)c4)c23)c(B)c1B. The van der Waals surface area contributed by atoms with Crippen LogP contribution in [0, 0.1) is 0 Å². The Morgan fingerprint density at radius 1 is 0.304 bits per heavy atom. The molecule has 0 unspecified atom stereocenters. The van der Waals surface area contributed by atoms with Gasteiger partial charge in [-0.3, -0.25) is 0 Å². The minimum Gasteiger partial charge on any atom is -0.311 e. The first-order chi connectivity index (χ1) is 27.4. The maximum atomic E-state index is 2.35. The molecule has 0 saturated heterocycles. The van der Waals surface area contributed by atoms with Gasteiger partial charge in [0.1, 0.15) is 39.2 Å². The van der Waals surface area contributed by atoms with Crippen LogP contribution in [0.5, 0.6) is 0 Å². The summed E-state index contributed by atoms with van der Waals surface area (Å²) < 4.78 is 0. The summed E-state index contributed by atoms with van der Waals surface area (Å²) in [5.41, 5.74) is 20.2. The van der Waals surface area contributed by atoms with Gasteiger partial charge in [0.2, 0.25) is 0 Å². The van der Waals surface area contributed by atoms with Crippen molar-refractivity contribution in [2.45, 2.75) is 0 Å². The topological polar surface area (TPSA) is 3.24 Å². The molecule has 0 radical (unpaired) electrons. The fourth-order valence-electron chi connectivity index (χ4n) is 8.65. The molecule has 260 valence electrons. The highest BCUT2D eigenvalue weighted by molar-refractivity contribution is 6.68. The summed E-state index contributed by atoms with van der Waals surface area (Å²) in [5, 5.41) is 5.09. The van der Waals surface area contributed by atoms with Crippen molar-refractivity contribution in [3.05, 3.63) is 182 Å². The van der Waals surface area contributed by atoms with Gasteiger partial charge in [0.25, 0.3) is 0 Å². The second kappa shape index (κ2) is 14.7. The van der Waals surface area contributed by atoms with Crippen LogP contribution in [0.4, 0.5) is 17.1 Å². The standard InChI is InChI=1S/C50H40B5N/c51-46-45(47(52)49(54)50(55)48(46)53)43-21-9-13-34-12-8-20-42(44(34)43)36-15-6-14-35(30-36)31-22-26-38(27-23-31)56(37-16-2-1-3-17-37)39-28-24-33(25-29-39)41-19-7-11-32-10-4-5-18-40(32)41/h1-30H,51-55H2. The summed E-state index contributed by atoms with van der Waals surface area (Å²) in [4.78, 5) is 2.34. The van der Waals surface area contributed by atoms with E-state index < -0.39 is 0 Å². The number of hydrogen-bond donors (Lipinski definition) is 0. The second-order valence-corrected chi connectivity index (χ2v) is 15.1. The van der Waals surface area contributed by atoms with Gasteiger partial charge in [-0.05, 0) is 109 Å². The lowest BCUT2D eigenvalue weighted by atomic mass is 9.59. The highest BCUT2D eigenvalue weighted by Crippen LogP contribution is 2.39. The highest BCUT2D eigenvalue weighted by atomic mass is 15.1. The summed E-state index contributed by atoms with van der Waals surface area (Å²) >= 11 is 0. The number of rotatable bonds is 7. The van der Waals surface area contributed by atoms with Crippen molar-refractivity contribution in [2.75, 3.05) is 4.90 Å². The van der Waals surface area contributed by atoms with Crippen molar-refractivity contribution in [3.63, 3.8) is 0 Å². The van der Waals surface area contributed by atoms with Gasteiger partial charge in [0, 0.05) is 17.1 Å². The zero-order valence-corrected chi connectivity index (χ0v) is 32.8. The van der Waals surface area contributed by atoms with Crippen LogP contribution in [0.2, 0.25) is 0 Å². The third kappa shape index (κ3) is 6.26. The van der Waals surface area contributed by atoms with Crippen molar-refractivity contribution >= 4 is 105 Å². The third-order valence-electron chi connectivity index (χ3n) is 12.0. The molecule has 0 N–H and O–H groups in total. The Bertz CT molecular complexity index is 2870. The van der Waals surface area contributed by atoms with E-state index in [1.807, 2.05) is 0 Å². The quantitative estimate of drug-likeness (QED) is 0.200. The van der Waals surface area contributed by atoms with Crippen molar-refractivity contribution in [3.8, 4) is 44.5 Å². The molecule has 1 nitrogen and oxygen atoms in total. The number of nitrogens with zero attached hydrogens (tertiary/aromatic N) is 1. The molecule has 9 aromatic rings. The van der Waals surface area contributed by atoms with Crippen molar-refractivity contribution in [1.82, 2.24) is 0 Å². The minimum atomic E-state index is 1.11. The van der Waals surface area contributed by atoms with E-state index in [0.717, 1.165) is 17.1 Å². The largest absolute Gasteiger partial charge is 0.311 e. The maximum absolute atomic E-state index is 2.35. The van der Waals surface area contributed by atoms with E-state index in [2.05, 4.69) is 226 Å². The Morgan fingerprint density at radius 2 is 0.786 bits per heavy atom. The lowest BCUT2D eigenvalue weighted by molar-refractivity contribution is 1.28. The number of fused-ring (bicyclic) bond motifs is 2. The Labute approximate surface area is 335 Å². The van der Waals surface area contributed by atoms with E-state index in [1.54, 1.807) is 0 Å². The Kier molecular flexibility index (Phi) is 9.27. The van der Waals surface area contributed by atoms with Crippen LogP contribution < -0.4 is 32.2 Å². The van der Waals surface area contributed by atoms with Gasteiger partial charge in [0.15, 0.2) is 0 Å². The molecule has 0 aliphatic rings. The predicted molar refractivity (Wildman–Crippen MR) is 259 cm³/mol. The van der Waals surface area contributed by atoms with E-state index >= 15 is 0 Å². The molecule has 0 aliphatic heterocycles. The van der Waals surface area contributed by atoms with Crippen LogP contribution in [-0.4, -0.2) is 39.2 Å². The van der Waals surface area contributed by atoms with Crippen molar-refractivity contribution < 1.29 is 0 Å². The molecular weight excluding hydrogens is 669 g/mol. The zero-order valence-electron chi connectivity index (χ0n) is 32.8. The summed E-state index contributed by atoms with van der Waals surface area (Å²) in [6.45, 7) is 0. The first kappa shape index (κ1) is 35.3. The van der Waals surface area contributed by atoms with Gasteiger partial charge in [-0.15, -0.1) is 16.4 Å². The summed E-state index contributed by atoms with van der Waals surface area (Å²) in [5.74, 6) is 0. The summed E-state index contributed by atoms with van der Waals surface area (Å²) in [6, 6.07) is 66.3. The fraction of sp³-hybridized carbons (Fsp3) is 0. The molecule has 0 aliphatic carbocycles. The van der Waals surface area contributed by atoms with Gasteiger partial charge in [-0.1, -0.05) is 150 Å². The van der Waals surface area contributed by atoms with E-state index in [-0.39, 0.29) is 0 Å². The molecule has 9 aromatic carbocycles. The smallest absolute Gasteiger partial charge is 0.139 e. The minimum absolute atomic E-state index is 1.11. The molecule has 9 rings (SSSR count). The van der Waals surface area contributed by atoms with Gasteiger partial charge in [0.05, 0.1) is 0 Å². The molecule has 0 fully saturated rings. The highest BCUT2D eigenvalue weighted by Gasteiger charge is 2.18. The van der Waals surface area contributed by atoms with Crippen LogP contribution in [0.1, 0.15) is 0 Å². The number of para-hydroxylation sites is 1.